The van der Waals surface area contributed by atoms with Gasteiger partial charge in [0.2, 0.25) is 0 Å². The average Bonchev–Trinajstić information content (AvgIpc) is 3.30. The molecule has 0 aliphatic carbocycles. The highest BCUT2D eigenvalue weighted by Crippen LogP contribution is 2.37. The van der Waals surface area contributed by atoms with Crippen molar-refractivity contribution in [1.82, 2.24) is 5.43 Å². The molecule has 0 saturated carbocycles. The molecule has 0 saturated heterocycles. The molecule has 0 radical (unpaired) electrons. The van der Waals surface area contributed by atoms with Crippen LogP contribution in [-0.2, 0) is 0 Å². The first-order valence-corrected chi connectivity index (χ1v) is 15.2. The zero-order chi connectivity index (χ0) is 29.8. The van der Waals surface area contributed by atoms with Crippen LogP contribution in [0.25, 0.3) is 10.1 Å². The molecule has 0 aliphatic heterocycles. The van der Waals surface area contributed by atoms with Crippen molar-refractivity contribution in [2.45, 2.75) is 0 Å². The molecule has 5 aromatic rings. The van der Waals surface area contributed by atoms with E-state index in [1.165, 1.54) is 17.6 Å². The molecule has 2 amide bonds. The standard InChI is InChI=1S/C30H17Br2Cl2N3O4S/c31-19-6-12-24(41-30(40)27-26(34)23-11-5-20(32)14-25(23)42-27)18(13-19)15-35-37-29(39)17-3-9-22(10-4-17)36-28(38)16-1-7-21(33)8-2-16/h1-15H,(H,36,38)(H,37,39)/b35-15-. The number of hydrogen-bond donors (Lipinski definition) is 2. The van der Waals surface area contributed by atoms with Crippen molar-refractivity contribution in [2.24, 2.45) is 5.10 Å². The molecule has 2 N–H and O–H groups in total. The fraction of sp³-hybridized carbons (Fsp3) is 0. The molecule has 0 unspecified atom stereocenters. The number of nitrogens with zero attached hydrogens (tertiary/aromatic N) is 1. The van der Waals surface area contributed by atoms with Gasteiger partial charge in [-0.3, -0.25) is 9.59 Å². The van der Waals surface area contributed by atoms with E-state index in [0.29, 0.717) is 32.4 Å². The van der Waals surface area contributed by atoms with E-state index in [2.05, 4.69) is 47.7 Å². The van der Waals surface area contributed by atoms with Crippen LogP contribution in [0.1, 0.15) is 36.0 Å². The summed E-state index contributed by atoms with van der Waals surface area (Å²) >= 11 is 20.4. The highest BCUT2D eigenvalue weighted by atomic mass is 79.9. The second kappa shape index (κ2) is 13.2. The molecule has 4 aromatic carbocycles. The Morgan fingerprint density at radius 1 is 0.810 bits per heavy atom. The summed E-state index contributed by atoms with van der Waals surface area (Å²) in [6.45, 7) is 0. The number of rotatable bonds is 7. The number of hydrogen-bond acceptors (Lipinski definition) is 6. The first-order valence-electron chi connectivity index (χ1n) is 12.1. The normalized spacial score (nSPS) is 11.0. The lowest BCUT2D eigenvalue weighted by atomic mass is 10.1. The number of amides is 2. The predicted octanol–water partition coefficient (Wildman–Crippen LogP) is 8.97. The Balaban J connectivity index is 1.24. The van der Waals surface area contributed by atoms with Gasteiger partial charge in [-0.1, -0.05) is 61.1 Å². The number of thiophene rings is 1. The van der Waals surface area contributed by atoms with Crippen molar-refractivity contribution in [3.8, 4) is 5.75 Å². The van der Waals surface area contributed by atoms with Gasteiger partial charge in [0, 0.05) is 46.4 Å². The highest BCUT2D eigenvalue weighted by molar-refractivity contribution is 9.10. The van der Waals surface area contributed by atoms with Crippen molar-refractivity contribution in [3.63, 3.8) is 0 Å². The van der Waals surface area contributed by atoms with Crippen LogP contribution < -0.4 is 15.5 Å². The zero-order valence-corrected chi connectivity index (χ0v) is 26.7. The first-order chi connectivity index (χ1) is 20.2. The van der Waals surface area contributed by atoms with Gasteiger partial charge >= 0.3 is 5.97 Å². The van der Waals surface area contributed by atoms with Gasteiger partial charge in [-0.2, -0.15) is 5.10 Å². The minimum Gasteiger partial charge on any atom is -0.422 e. The van der Waals surface area contributed by atoms with E-state index in [1.54, 1.807) is 66.7 Å². The number of carbonyl (C=O) groups is 3. The summed E-state index contributed by atoms with van der Waals surface area (Å²) in [7, 11) is 0. The van der Waals surface area contributed by atoms with Gasteiger partial charge < -0.3 is 10.1 Å². The molecule has 210 valence electrons. The number of benzene rings is 4. The van der Waals surface area contributed by atoms with Crippen LogP contribution in [-0.4, -0.2) is 24.0 Å². The van der Waals surface area contributed by atoms with E-state index in [0.717, 1.165) is 19.0 Å². The van der Waals surface area contributed by atoms with Crippen molar-refractivity contribution in [2.75, 3.05) is 5.32 Å². The van der Waals surface area contributed by atoms with Gasteiger partial charge in [0.05, 0.1) is 11.2 Å². The van der Waals surface area contributed by atoms with Crippen LogP contribution in [0.4, 0.5) is 5.69 Å². The lowest BCUT2D eigenvalue weighted by molar-refractivity contribution is 0.0739. The Kier molecular flexibility index (Phi) is 9.40. The molecule has 1 aromatic heterocycles. The number of halogens is 4. The minimum atomic E-state index is -0.610. The number of anilines is 1. The fourth-order valence-corrected chi connectivity index (χ4v) is 6.21. The molecule has 0 atom stereocenters. The average molecular weight is 746 g/mol. The number of ether oxygens (including phenoxy) is 1. The SMILES string of the molecule is O=C(N/N=C\c1cc(Br)ccc1OC(=O)c1sc2cc(Br)ccc2c1Cl)c1ccc(NC(=O)c2ccc(Cl)cc2)cc1. The molecule has 12 heteroatoms. The molecule has 0 bridgehead atoms. The molecular formula is C30H17Br2Cl2N3O4S. The number of esters is 1. The maximum atomic E-state index is 13.0. The number of fused-ring (bicyclic) bond motifs is 1. The topological polar surface area (TPSA) is 96.9 Å². The second-order valence-electron chi connectivity index (χ2n) is 8.69. The summed E-state index contributed by atoms with van der Waals surface area (Å²) in [5, 5.41) is 8.41. The van der Waals surface area contributed by atoms with E-state index in [-0.39, 0.29) is 16.5 Å². The van der Waals surface area contributed by atoms with E-state index < -0.39 is 11.9 Å². The summed E-state index contributed by atoms with van der Waals surface area (Å²) in [4.78, 5) is 38.3. The van der Waals surface area contributed by atoms with Gasteiger partial charge in [0.25, 0.3) is 11.8 Å². The molecule has 1 heterocycles. The van der Waals surface area contributed by atoms with E-state index >= 15 is 0 Å². The van der Waals surface area contributed by atoms with Crippen LogP contribution in [0.2, 0.25) is 10.0 Å². The third-order valence-corrected chi connectivity index (χ3v) is 8.71. The molecule has 7 nitrogen and oxygen atoms in total. The van der Waals surface area contributed by atoms with Gasteiger partial charge in [-0.05, 0) is 78.9 Å². The Morgan fingerprint density at radius 3 is 2.19 bits per heavy atom. The summed E-state index contributed by atoms with van der Waals surface area (Å²) in [6, 6.07) is 23.4. The largest absolute Gasteiger partial charge is 0.422 e. The van der Waals surface area contributed by atoms with Crippen LogP contribution >= 0.6 is 66.4 Å². The zero-order valence-electron chi connectivity index (χ0n) is 21.2. The van der Waals surface area contributed by atoms with Gasteiger partial charge in [-0.25, -0.2) is 10.2 Å². The Bertz CT molecular complexity index is 1860. The number of nitrogens with one attached hydrogen (secondary N) is 2. The maximum Gasteiger partial charge on any atom is 0.355 e. The van der Waals surface area contributed by atoms with E-state index in [1.807, 2.05) is 18.2 Å². The van der Waals surface area contributed by atoms with E-state index in [4.69, 9.17) is 27.9 Å². The number of hydrazone groups is 1. The van der Waals surface area contributed by atoms with Crippen molar-refractivity contribution >= 4 is 106 Å². The Hall–Kier alpha value is -3.54. The van der Waals surface area contributed by atoms with Gasteiger partial charge in [-0.15, -0.1) is 11.3 Å². The summed E-state index contributed by atoms with van der Waals surface area (Å²) in [5.41, 5.74) is 4.19. The lowest BCUT2D eigenvalue weighted by Gasteiger charge is -2.08. The fourth-order valence-electron chi connectivity index (χ4n) is 3.76. The Morgan fingerprint density at radius 2 is 1.45 bits per heavy atom. The lowest BCUT2D eigenvalue weighted by Crippen LogP contribution is -2.18. The molecule has 0 aliphatic rings. The molecule has 5 rings (SSSR count). The molecule has 0 spiro atoms. The van der Waals surface area contributed by atoms with Crippen LogP contribution in [0.3, 0.4) is 0 Å². The smallest absolute Gasteiger partial charge is 0.355 e. The third kappa shape index (κ3) is 7.08. The first kappa shape index (κ1) is 29.9. The van der Waals surface area contributed by atoms with E-state index in [9.17, 15) is 14.4 Å². The van der Waals surface area contributed by atoms with Gasteiger partial charge in [0.1, 0.15) is 10.6 Å². The van der Waals surface area contributed by atoms with Gasteiger partial charge in [0.15, 0.2) is 0 Å². The number of carbonyl (C=O) groups excluding carboxylic acids is 3. The van der Waals surface area contributed by atoms with Crippen molar-refractivity contribution in [3.05, 3.63) is 125 Å². The summed E-state index contributed by atoms with van der Waals surface area (Å²) in [6.07, 6.45) is 1.37. The summed E-state index contributed by atoms with van der Waals surface area (Å²) < 4.78 is 8.10. The van der Waals surface area contributed by atoms with Crippen LogP contribution in [0.15, 0.2) is 99.0 Å². The summed E-state index contributed by atoms with van der Waals surface area (Å²) in [5.74, 6) is -1.15. The Labute approximate surface area is 270 Å². The second-order valence-corrected chi connectivity index (χ2v) is 12.4. The quantitative estimate of drug-likeness (QED) is 0.0753. The third-order valence-electron chi connectivity index (χ3n) is 5.83. The predicted molar refractivity (Wildman–Crippen MR) is 175 cm³/mol. The van der Waals surface area contributed by atoms with Crippen molar-refractivity contribution in [1.29, 1.82) is 0 Å². The van der Waals surface area contributed by atoms with Crippen LogP contribution in [0.5, 0.6) is 5.75 Å². The van der Waals surface area contributed by atoms with Crippen LogP contribution in [0, 0.1) is 0 Å². The minimum absolute atomic E-state index is 0.233. The van der Waals surface area contributed by atoms with Crippen molar-refractivity contribution < 1.29 is 19.1 Å². The molecular weight excluding hydrogens is 729 g/mol. The maximum absolute atomic E-state index is 13.0. The monoisotopic (exact) mass is 743 g/mol. The highest BCUT2D eigenvalue weighted by Gasteiger charge is 2.20. The molecule has 0 fully saturated rings. The molecule has 42 heavy (non-hydrogen) atoms.